The third-order valence-electron chi connectivity index (χ3n) is 5.23. The molecule has 1 amide bonds. The summed E-state index contributed by atoms with van der Waals surface area (Å²) in [7, 11) is 0. The number of ether oxygens (including phenoxy) is 3. The summed E-state index contributed by atoms with van der Waals surface area (Å²) >= 11 is 0. The molecular formula is C28H31NO5. The van der Waals surface area contributed by atoms with Gasteiger partial charge in [0, 0.05) is 19.0 Å². The number of rotatable bonds is 5. The maximum absolute atomic E-state index is 12.1. The third-order valence-corrected chi connectivity index (χ3v) is 5.23. The lowest BCUT2D eigenvalue weighted by Crippen LogP contribution is -2.42. The van der Waals surface area contributed by atoms with E-state index in [9.17, 15) is 9.59 Å². The van der Waals surface area contributed by atoms with Crippen LogP contribution in [0.4, 0.5) is 4.79 Å². The first-order valence-corrected chi connectivity index (χ1v) is 11.3. The Morgan fingerprint density at radius 1 is 1.03 bits per heavy atom. The van der Waals surface area contributed by atoms with Gasteiger partial charge in [-0.15, -0.1) is 0 Å². The monoisotopic (exact) mass is 461 g/mol. The zero-order valence-corrected chi connectivity index (χ0v) is 20.0. The van der Waals surface area contributed by atoms with Crippen LogP contribution in [-0.4, -0.2) is 37.0 Å². The molecule has 3 atom stereocenters. The Morgan fingerprint density at radius 3 is 2.38 bits per heavy atom. The van der Waals surface area contributed by atoms with E-state index in [1.165, 1.54) is 12.5 Å². The molecule has 2 aromatic carbocycles. The van der Waals surface area contributed by atoms with Crippen LogP contribution in [0.15, 0.2) is 66.7 Å². The normalized spacial score (nSPS) is 19.5. The molecule has 0 aliphatic carbocycles. The highest BCUT2D eigenvalue weighted by Gasteiger charge is 2.30. The summed E-state index contributed by atoms with van der Waals surface area (Å²) in [5.74, 6) is 5.75. The Hall–Kier alpha value is -3.56. The molecule has 0 radical (unpaired) electrons. The second kappa shape index (κ2) is 11.5. The van der Waals surface area contributed by atoms with E-state index in [2.05, 4.69) is 50.1 Å². The number of alkyl carbamates (subject to hydrolysis) is 1. The van der Waals surface area contributed by atoms with Gasteiger partial charge in [-0.2, -0.15) is 0 Å². The number of hydrogen-bond donors (Lipinski definition) is 1. The molecule has 1 aliphatic heterocycles. The standard InChI is InChI=1S/C28H31NO5/c1-20(30)33-25-17-16-24(15-12-21-10-13-23(14-11-21)28(2,3)4)34-26(25)19-32-27(31)29-18-22-8-6-5-7-9-22/h5-11,13-14,16-17,24-26H,18-19H2,1-4H3,(H,29,31)/t24-,25-,26-/m1/s1. The number of benzene rings is 2. The van der Waals surface area contributed by atoms with E-state index < -0.39 is 30.4 Å². The van der Waals surface area contributed by atoms with Crippen LogP contribution in [-0.2, 0) is 31.0 Å². The molecule has 1 aliphatic rings. The van der Waals surface area contributed by atoms with Crippen molar-refractivity contribution in [3.05, 3.63) is 83.4 Å². The van der Waals surface area contributed by atoms with Crippen molar-refractivity contribution in [3.63, 3.8) is 0 Å². The van der Waals surface area contributed by atoms with E-state index in [1.807, 2.05) is 42.5 Å². The molecule has 0 spiro atoms. The fourth-order valence-electron chi connectivity index (χ4n) is 3.36. The highest BCUT2D eigenvalue weighted by atomic mass is 16.6. The second-order valence-corrected chi connectivity index (χ2v) is 9.09. The highest BCUT2D eigenvalue weighted by Crippen LogP contribution is 2.22. The minimum Gasteiger partial charge on any atom is -0.455 e. The zero-order valence-electron chi connectivity index (χ0n) is 20.0. The molecule has 1 heterocycles. The SMILES string of the molecule is CC(=O)O[C@@H]1C=C[C@@H](C#Cc2ccc(C(C)(C)C)cc2)O[C@@H]1COC(=O)NCc1ccccc1. The lowest BCUT2D eigenvalue weighted by molar-refractivity contribution is -0.155. The fraction of sp³-hybridized carbons (Fsp3) is 0.357. The van der Waals surface area contributed by atoms with E-state index in [0.29, 0.717) is 6.54 Å². The van der Waals surface area contributed by atoms with Crippen molar-refractivity contribution in [3.8, 4) is 11.8 Å². The topological polar surface area (TPSA) is 73.9 Å². The lowest BCUT2D eigenvalue weighted by atomic mass is 9.87. The van der Waals surface area contributed by atoms with E-state index >= 15 is 0 Å². The van der Waals surface area contributed by atoms with Crippen LogP contribution in [0, 0.1) is 11.8 Å². The fourth-order valence-corrected chi connectivity index (χ4v) is 3.36. The lowest BCUT2D eigenvalue weighted by Gasteiger charge is -2.29. The highest BCUT2D eigenvalue weighted by molar-refractivity contribution is 5.67. The molecule has 3 rings (SSSR count). The molecule has 0 unspecified atom stereocenters. The van der Waals surface area contributed by atoms with Crippen LogP contribution < -0.4 is 5.32 Å². The molecule has 0 fully saturated rings. The molecule has 0 saturated heterocycles. The minimum absolute atomic E-state index is 0.0769. The van der Waals surface area contributed by atoms with Crippen LogP contribution in [0.3, 0.4) is 0 Å². The van der Waals surface area contributed by atoms with Gasteiger partial charge in [0.15, 0.2) is 0 Å². The summed E-state index contributed by atoms with van der Waals surface area (Å²) in [6.45, 7) is 8.08. The summed E-state index contributed by atoms with van der Waals surface area (Å²) in [5.41, 5.74) is 3.15. The van der Waals surface area contributed by atoms with E-state index in [-0.39, 0.29) is 12.0 Å². The number of hydrogen-bond acceptors (Lipinski definition) is 5. The van der Waals surface area contributed by atoms with Crippen molar-refractivity contribution in [1.29, 1.82) is 0 Å². The summed E-state index contributed by atoms with van der Waals surface area (Å²) in [6, 6.07) is 17.6. The minimum atomic E-state index is -0.668. The van der Waals surface area contributed by atoms with E-state index in [0.717, 1.165) is 11.1 Å². The van der Waals surface area contributed by atoms with Crippen molar-refractivity contribution in [2.75, 3.05) is 6.61 Å². The van der Waals surface area contributed by atoms with Gasteiger partial charge in [-0.05, 0) is 40.8 Å². The molecule has 6 heteroatoms. The van der Waals surface area contributed by atoms with Gasteiger partial charge in [-0.1, -0.05) is 75.1 Å². The van der Waals surface area contributed by atoms with Crippen molar-refractivity contribution in [2.45, 2.75) is 58.0 Å². The van der Waals surface area contributed by atoms with Gasteiger partial charge in [-0.25, -0.2) is 4.79 Å². The number of carbonyl (C=O) groups is 2. The summed E-state index contributed by atoms with van der Waals surface area (Å²) in [5, 5.41) is 2.70. The average molecular weight is 462 g/mol. The van der Waals surface area contributed by atoms with Gasteiger partial charge in [0.05, 0.1) is 0 Å². The molecule has 0 aromatic heterocycles. The van der Waals surface area contributed by atoms with Gasteiger partial charge in [0.1, 0.15) is 24.9 Å². The molecule has 6 nitrogen and oxygen atoms in total. The zero-order chi connectivity index (χ0) is 24.6. The summed E-state index contributed by atoms with van der Waals surface area (Å²) in [4.78, 5) is 23.6. The molecule has 0 bridgehead atoms. The molecule has 2 aromatic rings. The molecule has 178 valence electrons. The first-order valence-electron chi connectivity index (χ1n) is 11.3. The molecule has 1 N–H and O–H groups in total. The van der Waals surface area contributed by atoms with E-state index in [1.54, 1.807) is 12.2 Å². The van der Waals surface area contributed by atoms with Gasteiger partial charge in [0.2, 0.25) is 0 Å². The predicted molar refractivity (Wildman–Crippen MR) is 130 cm³/mol. The Bertz CT molecular complexity index is 1060. The summed E-state index contributed by atoms with van der Waals surface area (Å²) in [6.07, 6.45) is 1.04. The van der Waals surface area contributed by atoms with Crippen LogP contribution in [0.2, 0.25) is 0 Å². The molecule has 0 saturated carbocycles. The van der Waals surface area contributed by atoms with Crippen LogP contribution in [0.5, 0.6) is 0 Å². The molecular weight excluding hydrogens is 430 g/mol. The van der Waals surface area contributed by atoms with Crippen molar-refractivity contribution < 1.29 is 23.8 Å². The van der Waals surface area contributed by atoms with E-state index in [4.69, 9.17) is 14.2 Å². The summed E-state index contributed by atoms with van der Waals surface area (Å²) < 4.78 is 16.6. The van der Waals surface area contributed by atoms with Crippen molar-refractivity contribution >= 4 is 12.1 Å². The largest absolute Gasteiger partial charge is 0.455 e. The first-order chi connectivity index (χ1) is 16.2. The van der Waals surface area contributed by atoms with Gasteiger partial charge in [0.25, 0.3) is 0 Å². The Morgan fingerprint density at radius 2 is 1.74 bits per heavy atom. The Balaban J connectivity index is 1.60. The molecule has 34 heavy (non-hydrogen) atoms. The maximum Gasteiger partial charge on any atom is 0.407 e. The number of nitrogens with one attached hydrogen (secondary N) is 1. The van der Waals surface area contributed by atoms with Crippen LogP contribution >= 0.6 is 0 Å². The van der Waals surface area contributed by atoms with Gasteiger partial charge >= 0.3 is 12.1 Å². The first kappa shape index (κ1) is 25.1. The van der Waals surface area contributed by atoms with Crippen LogP contribution in [0.1, 0.15) is 44.4 Å². The van der Waals surface area contributed by atoms with Crippen molar-refractivity contribution in [1.82, 2.24) is 5.32 Å². The third kappa shape index (κ3) is 7.79. The quantitative estimate of drug-likeness (QED) is 0.403. The number of esters is 1. The predicted octanol–water partition coefficient (Wildman–Crippen LogP) is 4.52. The van der Waals surface area contributed by atoms with Gasteiger partial charge in [-0.3, -0.25) is 4.79 Å². The Kier molecular flexibility index (Phi) is 8.50. The second-order valence-electron chi connectivity index (χ2n) is 9.09. The maximum atomic E-state index is 12.1. The number of carbonyl (C=O) groups excluding carboxylic acids is 2. The number of amides is 1. The average Bonchev–Trinajstić information content (AvgIpc) is 2.81. The van der Waals surface area contributed by atoms with Crippen molar-refractivity contribution in [2.24, 2.45) is 0 Å². The van der Waals surface area contributed by atoms with Crippen LogP contribution in [0.25, 0.3) is 0 Å². The smallest absolute Gasteiger partial charge is 0.407 e. The van der Waals surface area contributed by atoms with Gasteiger partial charge < -0.3 is 19.5 Å². The Labute approximate surface area is 201 Å².